The molecule has 0 saturated heterocycles. The molecule has 1 aliphatic rings. The Balaban J connectivity index is 1.76. The first-order valence-electron chi connectivity index (χ1n) is 6.87. The molecule has 1 aromatic heterocycles. The molecule has 2 rings (SSSR count). The van der Waals surface area contributed by atoms with E-state index in [0.717, 1.165) is 24.8 Å². The Morgan fingerprint density at radius 2 is 2.24 bits per heavy atom. The van der Waals surface area contributed by atoms with E-state index in [1.807, 2.05) is 17.9 Å². The first-order valence-corrected chi connectivity index (χ1v) is 6.87. The third kappa shape index (κ3) is 3.32. The number of nitrogens with one attached hydrogen (secondary N) is 1. The second-order valence-electron chi connectivity index (χ2n) is 5.65. The highest BCUT2D eigenvalue weighted by molar-refractivity contribution is 5.00. The quantitative estimate of drug-likeness (QED) is 0.868. The van der Waals surface area contributed by atoms with Crippen LogP contribution in [0.1, 0.15) is 38.8 Å². The van der Waals surface area contributed by atoms with Crippen molar-refractivity contribution in [2.75, 3.05) is 6.54 Å². The Hall–Kier alpha value is -0.830. The minimum atomic E-state index is 0.715. The maximum Gasteiger partial charge on any atom is 0.0492 e. The number of hydrogen-bond donors (Lipinski definition) is 1. The SMILES string of the molecule is CC1CCC(C)C(NCCc2ccnn2C)C1. The van der Waals surface area contributed by atoms with Gasteiger partial charge in [0.1, 0.15) is 0 Å². The number of rotatable bonds is 4. The summed E-state index contributed by atoms with van der Waals surface area (Å²) in [4.78, 5) is 0. The van der Waals surface area contributed by atoms with Crippen LogP contribution in [0.15, 0.2) is 12.3 Å². The van der Waals surface area contributed by atoms with Crippen molar-refractivity contribution < 1.29 is 0 Å². The van der Waals surface area contributed by atoms with Crippen molar-refractivity contribution in [3.63, 3.8) is 0 Å². The molecule has 96 valence electrons. The summed E-state index contributed by atoms with van der Waals surface area (Å²) in [6.45, 7) is 5.83. The summed E-state index contributed by atoms with van der Waals surface area (Å²) in [6.07, 6.45) is 7.08. The number of nitrogens with zero attached hydrogens (tertiary/aromatic N) is 2. The second-order valence-corrected chi connectivity index (χ2v) is 5.65. The van der Waals surface area contributed by atoms with Crippen molar-refractivity contribution in [1.29, 1.82) is 0 Å². The third-order valence-corrected chi connectivity index (χ3v) is 4.17. The minimum Gasteiger partial charge on any atom is -0.313 e. The first-order chi connectivity index (χ1) is 8.16. The van der Waals surface area contributed by atoms with Gasteiger partial charge < -0.3 is 5.32 Å². The van der Waals surface area contributed by atoms with Crippen LogP contribution in [0.2, 0.25) is 0 Å². The summed E-state index contributed by atoms with van der Waals surface area (Å²) in [5, 5.41) is 7.92. The fourth-order valence-electron chi connectivity index (χ4n) is 2.85. The van der Waals surface area contributed by atoms with Crippen LogP contribution in [-0.4, -0.2) is 22.4 Å². The van der Waals surface area contributed by atoms with Crippen LogP contribution >= 0.6 is 0 Å². The lowest BCUT2D eigenvalue weighted by Crippen LogP contribution is -2.40. The number of hydrogen-bond acceptors (Lipinski definition) is 2. The predicted octanol–water partition coefficient (Wildman–Crippen LogP) is 2.38. The average molecular weight is 235 g/mol. The van der Waals surface area contributed by atoms with E-state index in [-0.39, 0.29) is 0 Å². The van der Waals surface area contributed by atoms with E-state index in [4.69, 9.17) is 0 Å². The lowest BCUT2D eigenvalue weighted by molar-refractivity contribution is 0.229. The van der Waals surface area contributed by atoms with E-state index in [1.54, 1.807) is 0 Å². The zero-order chi connectivity index (χ0) is 12.3. The largest absolute Gasteiger partial charge is 0.313 e. The Morgan fingerprint density at radius 3 is 2.94 bits per heavy atom. The summed E-state index contributed by atoms with van der Waals surface area (Å²) in [7, 11) is 2.01. The molecule has 0 radical (unpaired) electrons. The molecule has 1 heterocycles. The highest BCUT2D eigenvalue weighted by Gasteiger charge is 2.24. The molecule has 0 amide bonds. The van der Waals surface area contributed by atoms with E-state index in [0.29, 0.717) is 6.04 Å². The van der Waals surface area contributed by atoms with Crippen molar-refractivity contribution in [1.82, 2.24) is 15.1 Å². The van der Waals surface area contributed by atoms with Crippen LogP contribution < -0.4 is 5.32 Å². The van der Waals surface area contributed by atoms with Gasteiger partial charge in [0.05, 0.1) is 0 Å². The lowest BCUT2D eigenvalue weighted by atomic mass is 9.80. The molecule has 1 fully saturated rings. The number of aryl methyl sites for hydroxylation is 1. The summed E-state index contributed by atoms with van der Waals surface area (Å²) < 4.78 is 1.97. The maximum absolute atomic E-state index is 4.20. The van der Waals surface area contributed by atoms with Crippen LogP contribution in [0.3, 0.4) is 0 Å². The summed E-state index contributed by atoms with van der Waals surface area (Å²) in [5.41, 5.74) is 1.31. The topological polar surface area (TPSA) is 29.9 Å². The first kappa shape index (κ1) is 12.6. The van der Waals surface area contributed by atoms with Gasteiger partial charge in [-0.15, -0.1) is 0 Å². The standard InChI is InChI=1S/C14H25N3/c1-11-4-5-12(2)14(10-11)15-8-6-13-7-9-16-17(13)3/h7,9,11-12,14-15H,4-6,8,10H2,1-3H3. The highest BCUT2D eigenvalue weighted by atomic mass is 15.3. The normalized spacial score (nSPS) is 29.5. The second kappa shape index (κ2) is 5.67. The molecule has 3 nitrogen and oxygen atoms in total. The fraction of sp³-hybridized carbons (Fsp3) is 0.786. The van der Waals surface area contributed by atoms with Crippen molar-refractivity contribution >= 4 is 0 Å². The van der Waals surface area contributed by atoms with Crippen LogP contribution in [0.25, 0.3) is 0 Å². The summed E-state index contributed by atoms with van der Waals surface area (Å²) in [5.74, 6) is 1.72. The van der Waals surface area contributed by atoms with E-state index in [9.17, 15) is 0 Å². The molecule has 1 aromatic rings. The fourth-order valence-corrected chi connectivity index (χ4v) is 2.85. The van der Waals surface area contributed by atoms with Gasteiger partial charge in [0.2, 0.25) is 0 Å². The van der Waals surface area contributed by atoms with Crippen LogP contribution in [0.5, 0.6) is 0 Å². The van der Waals surface area contributed by atoms with E-state index < -0.39 is 0 Å². The zero-order valence-electron chi connectivity index (χ0n) is 11.3. The average Bonchev–Trinajstić information content (AvgIpc) is 2.70. The molecule has 3 heteroatoms. The van der Waals surface area contributed by atoms with Gasteiger partial charge in [-0.1, -0.05) is 20.3 Å². The molecule has 17 heavy (non-hydrogen) atoms. The van der Waals surface area contributed by atoms with Gasteiger partial charge in [-0.2, -0.15) is 5.10 Å². The molecule has 0 aliphatic heterocycles. The van der Waals surface area contributed by atoms with Gasteiger partial charge >= 0.3 is 0 Å². The Labute approximate surface area is 105 Å². The molecular formula is C14H25N3. The molecule has 1 N–H and O–H groups in total. The highest BCUT2D eigenvalue weighted by Crippen LogP contribution is 2.28. The van der Waals surface area contributed by atoms with Gasteiger partial charge in [-0.05, 0) is 30.7 Å². The van der Waals surface area contributed by atoms with Crippen molar-refractivity contribution in [2.45, 2.75) is 45.6 Å². The zero-order valence-corrected chi connectivity index (χ0v) is 11.3. The molecule has 1 saturated carbocycles. The molecule has 0 aromatic carbocycles. The van der Waals surface area contributed by atoms with Gasteiger partial charge in [0.15, 0.2) is 0 Å². The molecular weight excluding hydrogens is 210 g/mol. The summed E-state index contributed by atoms with van der Waals surface area (Å²) in [6, 6.07) is 2.82. The van der Waals surface area contributed by atoms with Gasteiger partial charge in [-0.3, -0.25) is 4.68 Å². The van der Waals surface area contributed by atoms with Crippen molar-refractivity contribution in [3.8, 4) is 0 Å². The third-order valence-electron chi connectivity index (χ3n) is 4.17. The smallest absolute Gasteiger partial charge is 0.0492 e. The van der Waals surface area contributed by atoms with E-state index in [1.165, 1.54) is 25.0 Å². The number of aromatic nitrogens is 2. The molecule has 0 bridgehead atoms. The van der Waals surface area contributed by atoms with Crippen LogP contribution in [0.4, 0.5) is 0 Å². The monoisotopic (exact) mass is 235 g/mol. The molecule has 3 unspecified atom stereocenters. The molecule has 3 atom stereocenters. The Bertz CT molecular complexity index is 345. The lowest BCUT2D eigenvalue weighted by Gasteiger charge is -2.33. The van der Waals surface area contributed by atoms with Crippen LogP contribution in [0, 0.1) is 11.8 Å². The van der Waals surface area contributed by atoms with E-state index >= 15 is 0 Å². The minimum absolute atomic E-state index is 0.715. The summed E-state index contributed by atoms with van der Waals surface area (Å²) >= 11 is 0. The van der Waals surface area contributed by atoms with Gasteiger partial charge in [0, 0.05) is 37.9 Å². The maximum atomic E-state index is 4.20. The van der Waals surface area contributed by atoms with Crippen LogP contribution in [-0.2, 0) is 13.5 Å². The Kier molecular flexibility index (Phi) is 4.21. The van der Waals surface area contributed by atoms with Crippen molar-refractivity contribution in [3.05, 3.63) is 18.0 Å². The van der Waals surface area contributed by atoms with Gasteiger partial charge in [0.25, 0.3) is 0 Å². The Morgan fingerprint density at radius 1 is 1.41 bits per heavy atom. The molecule has 0 spiro atoms. The van der Waals surface area contributed by atoms with Crippen molar-refractivity contribution in [2.24, 2.45) is 18.9 Å². The van der Waals surface area contributed by atoms with E-state index in [2.05, 4.69) is 30.3 Å². The predicted molar refractivity (Wildman–Crippen MR) is 70.9 cm³/mol. The molecule has 1 aliphatic carbocycles. The van der Waals surface area contributed by atoms with Gasteiger partial charge in [-0.25, -0.2) is 0 Å².